The first kappa shape index (κ1) is 11.0. The molecule has 2 rings (SSSR count). The van der Waals surface area contributed by atoms with Crippen molar-refractivity contribution >= 4 is 5.97 Å². The SMILES string of the molecule is CCOC(=O)C1Cc2c(O)cccc2C1N. The van der Waals surface area contributed by atoms with Gasteiger partial charge in [0.25, 0.3) is 0 Å². The minimum atomic E-state index is -0.374. The Kier molecular flexibility index (Phi) is 2.83. The molecule has 0 aromatic heterocycles. The summed E-state index contributed by atoms with van der Waals surface area (Å²) in [5.41, 5.74) is 7.60. The van der Waals surface area contributed by atoms with Crippen LogP contribution in [-0.2, 0) is 16.0 Å². The van der Waals surface area contributed by atoms with Crippen molar-refractivity contribution in [3.8, 4) is 5.75 Å². The van der Waals surface area contributed by atoms with Crippen LogP contribution in [-0.4, -0.2) is 17.7 Å². The Bertz CT molecular complexity index is 417. The number of fused-ring (bicyclic) bond motifs is 1. The molecule has 0 heterocycles. The van der Waals surface area contributed by atoms with Gasteiger partial charge >= 0.3 is 5.97 Å². The molecule has 0 radical (unpaired) electrons. The minimum Gasteiger partial charge on any atom is -0.508 e. The summed E-state index contributed by atoms with van der Waals surface area (Å²) in [5.74, 6) is -0.450. The fourth-order valence-corrected chi connectivity index (χ4v) is 2.17. The standard InChI is InChI=1S/C12H15NO3/c1-2-16-12(15)9-6-8-7(11(9)13)4-3-5-10(8)14/h3-5,9,11,14H,2,6,13H2,1H3. The number of esters is 1. The highest BCUT2D eigenvalue weighted by Gasteiger charge is 2.37. The fraction of sp³-hybridized carbons (Fsp3) is 0.417. The largest absolute Gasteiger partial charge is 0.508 e. The smallest absolute Gasteiger partial charge is 0.311 e. The predicted molar refractivity (Wildman–Crippen MR) is 58.9 cm³/mol. The van der Waals surface area contributed by atoms with E-state index < -0.39 is 0 Å². The highest BCUT2D eigenvalue weighted by Crippen LogP contribution is 2.39. The highest BCUT2D eigenvalue weighted by atomic mass is 16.5. The van der Waals surface area contributed by atoms with E-state index in [1.54, 1.807) is 19.1 Å². The number of ether oxygens (including phenoxy) is 1. The molecular formula is C12H15NO3. The van der Waals surface area contributed by atoms with E-state index in [0.29, 0.717) is 13.0 Å². The number of carbonyl (C=O) groups is 1. The Labute approximate surface area is 94.0 Å². The second kappa shape index (κ2) is 4.14. The van der Waals surface area contributed by atoms with Gasteiger partial charge in [0.15, 0.2) is 0 Å². The molecule has 1 aromatic carbocycles. The Morgan fingerprint density at radius 3 is 3.00 bits per heavy atom. The van der Waals surface area contributed by atoms with Gasteiger partial charge in [-0.05, 0) is 30.5 Å². The average molecular weight is 221 g/mol. The summed E-state index contributed by atoms with van der Waals surface area (Å²) in [6.45, 7) is 2.12. The lowest BCUT2D eigenvalue weighted by molar-refractivity contribution is -0.148. The van der Waals surface area contributed by atoms with Crippen LogP contribution in [0.2, 0.25) is 0 Å². The van der Waals surface area contributed by atoms with E-state index in [4.69, 9.17) is 10.5 Å². The first-order valence-electron chi connectivity index (χ1n) is 5.38. The maximum absolute atomic E-state index is 11.7. The molecule has 4 nitrogen and oxygen atoms in total. The van der Waals surface area contributed by atoms with Gasteiger partial charge in [-0.1, -0.05) is 12.1 Å². The van der Waals surface area contributed by atoms with Crippen molar-refractivity contribution in [2.24, 2.45) is 11.7 Å². The summed E-state index contributed by atoms with van der Waals surface area (Å²) in [6.07, 6.45) is 0.460. The lowest BCUT2D eigenvalue weighted by atomic mass is 10.0. The first-order valence-corrected chi connectivity index (χ1v) is 5.38. The minimum absolute atomic E-state index is 0.208. The van der Waals surface area contributed by atoms with Crippen LogP contribution in [0.3, 0.4) is 0 Å². The number of benzene rings is 1. The van der Waals surface area contributed by atoms with Crippen molar-refractivity contribution in [1.82, 2.24) is 0 Å². The van der Waals surface area contributed by atoms with E-state index in [2.05, 4.69) is 0 Å². The van der Waals surface area contributed by atoms with Crippen LogP contribution in [0.5, 0.6) is 5.75 Å². The molecule has 0 spiro atoms. The molecule has 2 atom stereocenters. The van der Waals surface area contributed by atoms with Gasteiger partial charge in [0.2, 0.25) is 0 Å². The second-order valence-electron chi connectivity index (χ2n) is 3.93. The van der Waals surface area contributed by atoms with Crippen LogP contribution in [0.25, 0.3) is 0 Å². The zero-order chi connectivity index (χ0) is 11.7. The van der Waals surface area contributed by atoms with Crippen LogP contribution in [0.4, 0.5) is 0 Å². The molecule has 1 aromatic rings. The van der Waals surface area contributed by atoms with Crippen molar-refractivity contribution in [1.29, 1.82) is 0 Å². The molecule has 1 aliphatic rings. The quantitative estimate of drug-likeness (QED) is 0.734. The average Bonchev–Trinajstić information content (AvgIpc) is 2.59. The molecule has 86 valence electrons. The first-order chi connectivity index (χ1) is 7.65. The summed E-state index contributed by atoms with van der Waals surface area (Å²) in [5, 5.41) is 9.67. The third-order valence-electron chi connectivity index (χ3n) is 2.99. The normalized spacial score (nSPS) is 22.9. The molecule has 0 saturated carbocycles. The van der Waals surface area contributed by atoms with Crippen LogP contribution in [0.15, 0.2) is 18.2 Å². The van der Waals surface area contributed by atoms with Gasteiger partial charge in [-0.2, -0.15) is 0 Å². The number of hydrogen-bond acceptors (Lipinski definition) is 4. The number of phenols is 1. The Morgan fingerprint density at radius 2 is 2.38 bits per heavy atom. The van der Waals surface area contributed by atoms with Crippen LogP contribution < -0.4 is 5.73 Å². The summed E-state index contributed by atoms with van der Waals surface area (Å²) < 4.78 is 4.97. The fourth-order valence-electron chi connectivity index (χ4n) is 2.17. The summed E-state index contributed by atoms with van der Waals surface area (Å²) in [6, 6.07) is 4.82. The van der Waals surface area contributed by atoms with Crippen molar-refractivity contribution in [2.45, 2.75) is 19.4 Å². The zero-order valence-corrected chi connectivity index (χ0v) is 9.14. The van der Waals surface area contributed by atoms with Gasteiger partial charge in [-0.25, -0.2) is 0 Å². The second-order valence-corrected chi connectivity index (χ2v) is 3.93. The lowest BCUT2D eigenvalue weighted by Gasteiger charge is -2.13. The zero-order valence-electron chi connectivity index (χ0n) is 9.14. The van der Waals surface area contributed by atoms with E-state index in [1.807, 2.05) is 6.07 Å². The van der Waals surface area contributed by atoms with Gasteiger partial charge in [-0.15, -0.1) is 0 Å². The molecule has 0 aliphatic heterocycles. The highest BCUT2D eigenvalue weighted by molar-refractivity contribution is 5.76. The maximum Gasteiger partial charge on any atom is 0.311 e. The van der Waals surface area contributed by atoms with Gasteiger partial charge < -0.3 is 15.6 Å². The van der Waals surface area contributed by atoms with Crippen LogP contribution in [0, 0.1) is 5.92 Å². The van der Waals surface area contributed by atoms with E-state index >= 15 is 0 Å². The lowest BCUT2D eigenvalue weighted by Crippen LogP contribution is -2.26. The monoisotopic (exact) mass is 221 g/mol. The predicted octanol–water partition coefficient (Wildman–Crippen LogP) is 1.13. The third-order valence-corrected chi connectivity index (χ3v) is 2.99. The molecule has 1 aliphatic carbocycles. The van der Waals surface area contributed by atoms with Crippen LogP contribution >= 0.6 is 0 Å². The number of nitrogens with two attached hydrogens (primary N) is 1. The van der Waals surface area contributed by atoms with Crippen molar-refractivity contribution in [3.05, 3.63) is 29.3 Å². The van der Waals surface area contributed by atoms with Crippen molar-refractivity contribution in [2.75, 3.05) is 6.61 Å². The molecule has 0 fully saturated rings. The molecular weight excluding hydrogens is 206 g/mol. The molecule has 0 amide bonds. The molecule has 0 saturated heterocycles. The maximum atomic E-state index is 11.7. The van der Waals surface area contributed by atoms with Crippen molar-refractivity contribution < 1.29 is 14.6 Å². The van der Waals surface area contributed by atoms with E-state index in [9.17, 15) is 9.90 Å². The number of hydrogen-bond donors (Lipinski definition) is 2. The van der Waals surface area contributed by atoms with Gasteiger partial charge in [-0.3, -0.25) is 4.79 Å². The topological polar surface area (TPSA) is 72.5 Å². The summed E-state index contributed by atoms with van der Waals surface area (Å²) in [7, 11) is 0. The van der Waals surface area contributed by atoms with E-state index in [-0.39, 0.29) is 23.7 Å². The van der Waals surface area contributed by atoms with Crippen LogP contribution in [0.1, 0.15) is 24.1 Å². The summed E-state index contributed by atoms with van der Waals surface area (Å²) >= 11 is 0. The van der Waals surface area contributed by atoms with E-state index in [1.165, 1.54) is 0 Å². The number of carbonyl (C=O) groups excluding carboxylic acids is 1. The van der Waals surface area contributed by atoms with E-state index in [0.717, 1.165) is 11.1 Å². The van der Waals surface area contributed by atoms with Gasteiger partial charge in [0.05, 0.1) is 12.5 Å². The molecule has 4 heteroatoms. The Hall–Kier alpha value is -1.55. The van der Waals surface area contributed by atoms with Crippen molar-refractivity contribution in [3.63, 3.8) is 0 Å². The van der Waals surface area contributed by atoms with Gasteiger partial charge in [0, 0.05) is 6.04 Å². The Morgan fingerprint density at radius 1 is 1.62 bits per heavy atom. The molecule has 2 unspecified atom stereocenters. The molecule has 0 bridgehead atoms. The number of aromatic hydroxyl groups is 1. The molecule has 3 N–H and O–H groups in total. The van der Waals surface area contributed by atoms with Gasteiger partial charge in [0.1, 0.15) is 5.75 Å². The summed E-state index contributed by atoms with van der Waals surface area (Å²) in [4.78, 5) is 11.7. The number of rotatable bonds is 2. The third kappa shape index (κ3) is 1.65. The Balaban J connectivity index is 2.27. The molecule has 16 heavy (non-hydrogen) atoms. The number of phenolic OH excluding ortho intramolecular Hbond substituents is 1.